The molecule has 0 bridgehead atoms. The molecule has 0 spiro atoms. The summed E-state index contributed by atoms with van der Waals surface area (Å²) in [6, 6.07) is 5.08. The topological polar surface area (TPSA) is 67.8 Å². The Labute approximate surface area is 130 Å². The number of hydrogen-bond acceptors (Lipinski definition) is 5. The first kappa shape index (κ1) is 17.7. The van der Waals surface area contributed by atoms with E-state index in [-0.39, 0.29) is 0 Å². The van der Waals surface area contributed by atoms with Crippen LogP contribution in [0.3, 0.4) is 0 Å². The van der Waals surface area contributed by atoms with Crippen molar-refractivity contribution in [2.45, 2.75) is 25.9 Å². The second-order valence-electron chi connectivity index (χ2n) is 4.47. The smallest absolute Gasteiger partial charge is 0.320 e. The molecule has 2 N–H and O–H groups in total. The van der Waals surface area contributed by atoms with Crippen LogP contribution in [-0.4, -0.2) is 42.8 Å². The maximum absolute atomic E-state index is 11.2. The van der Waals surface area contributed by atoms with Gasteiger partial charge in [-0.05, 0) is 43.0 Å². The Morgan fingerprint density at radius 2 is 2.19 bits per heavy atom. The average molecular weight is 313 g/mol. The summed E-state index contributed by atoms with van der Waals surface area (Å²) in [5, 5.41) is 12.3. The number of aliphatic carboxylic acids is 1. The number of nitrogens with one attached hydrogen (secondary N) is 1. The molecular formula is C15H23NO4S. The van der Waals surface area contributed by atoms with Crippen molar-refractivity contribution < 1.29 is 19.4 Å². The van der Waals surface area contributed by atoms with Crippen LogP contribution in [0.4, 0.5) is 0 Å². The summed E-state index contributed by atoms with van der Waals surface area (Å²) in [5.74, 6) is 1.35. The molecule has 1 rings (SSSR count). The predicted octanol–water partition coefficient (Wildman–Crippen LogP) is 2.39. The van der Waals surface area contributed by atoms with Gasteiger partial charge in [-0.1, -0.05) is 6.07 Å². The lowest BCUT2D eigenvalue weighted by Crippen LogP contribution is -2.36. The first-order chi connectivity index (χ1) is 10.1. The van der Waals surface area contributed by atoms with Gasteiger partial charge in [0.1, 0.15) is 6.04 Å². The highest BCUT2D eigenvalue weighted by atomic mass is 32.2. The molecule has 1 aromatic rings. The molecule has 1 aromatic carbocycles. The fourth-order valence-corrected chi connectivity index (χ4v) is 2.36. The Bertz CT molecular complexity index is 453. The normalized spacial score (nSPS) is 12.0. The SMILES string of the molecule is CCOc1cc(CNC(CCSC)C(=O)O)ccc1OC. The summed E-state index contributed by atoms with van der Waals surface area (Å²) in [6.45, 7) is 2.95. The maximum atomic E-state index is 11.2. The fraction of sp³-hybridized carbons (Fsp3) is 0.533. The van der Waals surface area contributed by atoms with Crippen LogP contribution in [0.1, 0.15) is 18.9 Å². The third-order valence-electron chi connectivity index (χ3n) is 2.99. The van der Waals surface area contributed by atoms with Gasteiger partial charge in [0, 0.05) is 6.54 Å². The lowest BCUT2D eigenvalue weighted by Gasteiger charge is -2.15. The van der Waals surface area contributed by atoms with Crippen molar-refractivity contribution >= 4 is 17.7 Å². The van der Waals surface area contributed by atoms with E-state index in [9.17, 15) is 9.90 Å². The minimum atomic E-state index is -0.817. The number of carboxylic acid groups (broad SMARTS) is 1. The van der Waals surface area contributed by atoms with Crippen LogP contribution in [-0.2, 0) is 11.3 Å². The third kappa shape index (κ3) is 5.85. The molecule has 21 heavy (non-hydrogen) atoms. The Hall–Kier alpha value is -1.40. The van der Waals surface area contributed by atoms with Gasteiger partial charge in [0.25, 0.3) is 0 Å². The van der Waals surface area contributed by atoms with Crippen molar-refractivity contribution in [3.63, 3.8) is 0 Å². The average Bonchev–Trinajstić information content (AvgIpc) is 2.47. The molecule has 5 nitrogen and oxygen atoms in total. The zero-order chi connectivity index (χ0) is 15.7. The number of methoxy groups -OCH3 is 1. The van der Waals surface area contributed by atoms with Crippen LogP contribution in [0.2, 0.25) is 0 Å². The maximum Gasteiger partial charge on any atom is 0.320 e. The van der Waals surface area contributed by atoms with Crippen LogP contribution in [0.25, 0.3) is 0 Å². The molecule has 0 radical (unpaired) electrons. The van der Waals surface area contributed by atoms with Gasteiger partial charge < -0.3 is 19.9 Å². The molecule has 0 heterocycles. The van der Waals surface area contributed by atoms with E-state index in [0.29, 0.717) is 31.1 Å². The van der Waals surface area contributed by atoms with Gasteiger partial charge in [-0.2, -0.15) is 11.8 Å². The minimum absolute atomic E-state index is 0.482. The number of ether oxygens (including phenoxy) is 2. The molecule has 1 unspecified atom stereocenters. The molecule has 118 valence electrons. The second kappa shape index (κ2) is 9.52. The fourth-order valence-electron chi connectivity index (χ4n) is 1.89. The van der Waals surface area contributed by atoms with Crippen LogP contribution < -0.4 is 14.8 Å². The Morgan fingerprint density at radius 3 is 2.76 bits per heavy atom. The van der Waals surface area contributed by atoms with Crippen LogP contribution >= 0.6 is 11.8 Å². The Morgan fingerprint density at radius 1 is 1.43 bits per heavy atom. The number of hydrogen-bond donors (Lipinski definition) is 2. The number of rotatable bonds is 10. The largest absolute Gasteiger partial charge is 0.493 e. The quantitative estimate of drug-likeness (QED) is 0.691. The summed E-state index contributed by atoms with van der Waals surface area (Å²) in [4.78, 5) is 11.2. The molecule has 0 saturated carbocycles. The molecule has 6 heteroatoms. The monoisotopic (exact) mass is 313 g/mol. The Balaban J connectivity index is 2.68. The molecule has 1 atom stereocenters. The van der Waals surface area contributed by atoms with E-state index in [0.717, 1.165) is 11.3 Å². The summed E-state index contributed by atoms with van der Waals surface area (Å²) in [6.07, 6.45) is 2.57. The molecule has 0 aromatic heterocycles. The van der Waals surface area contributed by atoms with Crippen LogP contribution in [0, 0.1) is 0 Å². The van der Waals surface area contributed by atoms with E-state index < -0.39 is 12.0 Å². The van der Waals surface area contributed by atoms with Crippen LogP contribution in [0.5, 0.6) is 11.5 Å². The molecule has 0 aliphatic rings. The summed E-state index contributed by atoms with van der Waals surface area (Å²) >= 11 is 1.64. The Kier molecular flexibility index (Phi) is 8.00. The third-order valence-corrected chi connectivity index (χ3v) is 3.63. The van der Waals surface area contributed by atoms with E-state index in [1.807, 2.05) is 31.4 Å². The molecule has 0 amide bonds. The standard InChI is InChI=1S/C15H23NO4S/c1-4-20-14-9-11(5-6-13(14)19-2)10-16-12(15(17)18)7-8-21-3/h5-6,9,12,16H,4,7-8,10H2,1-3H3,(H,17,18). The lowest BCUT2D eigenvalue weighted by molar-refractivity contribution is -0.139. The van der Waals surface area contributed by atoms with Gasteiger partial charge in [-0.3, -0.25) is 4.79 Å². The predicted molar refractivity (Wildman–Crippen MR) is 85.4 cm³/mol. The molecule has 0 aliphatic heterocycles. The number of benzene rings is 1. The molecule has 0 aliphatic carbocycles. The first-order valence-corrected chi connectivity index (χ1v) is 8.26. The van der Waals surface area contributed by atoms with Crippen LogP contribution in [0.15, 0.2) is 18.2 Å². The number of carbonyl (C=O) groups is 1. The van der Waals surface area contributed by atoms with Crippen molar-refractivity contribution in [1.82, 2.24) is 5.32 Å². The van der Waals surface area contributed by atoms with Gasteiger partial charge in [0.05, 0.1) is 13.7 Å². The molecule has 0 fully saturated rings. The zero-order valence-electron chi connectivity index (χ0n) is 12.7. The summed E-state index contributed by atoms with van der Waals surface area (Å²) in [5.41, 5.74) is 0.967. The second-order valence-corrected chi connectivity index (χ2v) is 5.46. The lowest BCUT2D eigenvalue weighted by atomic mass is 10.1. The van der Waals surface area contributed by atoms with Gasteiger partial charge in [0.2, 0.25) is 0 Å². The van der Waals surface area contributed by atoms with Crippen molar-refractivity contribution in [3.05, 3.63) is 23.8 Å². The highest BCUT2D eigenvalue weighted by Crippen LogP contribution is 2.28. The summed E-state index contributed by atoms with van der Waals surface area (Å²) < 4.78 is 10.7. The van der Waals surface area contributed by atoms with E-state index >= 15 is 0 Å². The van der Waals surface area contributed by atoms with Gasteiger partial charge in [0.15, 0.2) is 11.5 Å². The van der Waals surface area contributed by atoms with Crippen molar-refractivity contribution in [2.24, 2.45) is 0 Å². The van der Waals surface area contributed by atoms with E-state index in [4.69, 9.17) is 9.47 Å². The van der Waals surface area contributed by atoms with Gasteiger partial charge >= 0.3 is 5.97 Å². The minimum Gasteiger partial charge on any atom is -0.493 e. The summed E-state index contributed by atoms with van der Waals surface area (Å²) in [7, 11) is 1.60. The van der Waals surface area contributed by atoms with E-state index in [1.165, 1.54) is 0 Å². The van der Waals surface area contributed by atoms with Crippen molar-refractivity contribution in [2.75, 3.05) is 25.7 Å². The van der Waals surface area contributed by atoms with Gasteiger partial charge in [-0.15, -0.1) is 0 Å². The molecular weight excluding hydrogens is 290 g/mol. The van der Waals surface area contributed by atoms with Gasteiger partial charge in [-0.25, -0.2) is 0 Å². The van der Waals surface area contributed by atoms with E-state index in [1.54, 1.807) is 18.9 Å². The highest BCUT2D eigenvalue weighted by Gasteiger charge is 2.16. The highest BCUT2D eigenvalue weighted by molar-refractivity contribution is 7.98. The van der Waals surface area contributed by atoms with Crippen molar-refractivity contribution in [3.8, 4) is 11.5 Å². The molecule has 0 saturated heterocycles. The van der Waals surface area contributed by atoms with Crippen molar-refractivity contribution in [1.29, 1.82) is 0 Å². The van der Waals surface area contributed by atoms with E-state index in [2.05, 4.69) is 5.32 Å². The first-order valence-electron chi connectivity index (χ1n) is 6.87. The number of thioether (sulfide) groups is 1. The number of carboxylic acids is 1. The zero-order valence-corrected chi connectivity index (χ0v) is 13.5.